The van der Waals surface area contributed by atoms with E-state index in [1.54, 1.807) is 0 Å². The first-order valence-corrected chi connectivity index (χ1v) is 10.2. The van der Waals surface area contributed by atoms with E-state index in [9.17, 15) is 0 Å². The quantitative estimate of drug-likeness (QED) is 0.321. The lowest BCUT2D eigenvalue weighted by Crippen LogP contribution is -2.33. The lowest BCUT2D eigenvalue weighted by atomic mass is 10.0. The summed E-state index contributed by atoms with van der Waals surface area (Å²) in [6.07, 6.45) is 5.85. The summed E-state index contributed by atoms with van der Waals surface area (Å²) in [6.45, 7) is 10.6. The van der Waals surface area contributed by atoms with Crippen LogP contribution in [0.25, 0.3) is 0 Å². The van der Waals surface area contributed by atoms with Crippen LogP contribution in [0.1, 0.15) is 32.8 Å². The normalized spacial score (nSPS) is 12.2. The molecule has 0 atom stereocenters. The monoisotopic (exact) mass is 288 g/mol. The third-order valence-electron chi connectivity index (χ3n) is 4.09. The van der Waals surface area contributed by atoms with E-state index in [1.165, 1.54) is 29.3 Å². The van der Waals surface area contributed by atoms with Crippen LogP contribution in [0, 0.1) is 0 Å². The van der Waals surface area contributed by atoms with Crippen molar-refractivity contribution in [3.8, 4) is 0 Å². The summed E-state index contributed by atoms with van der Waals surface area (Å²) in [5.74, 6) is 0. The summed E-state index contributed by atoms with van der Waals surface area (Å²) < 4.78 is 6.29. The molecule has 20 heavy (non-hydrogen) atoms. The summed E-state index contributed by atoms with van der Waals surface area (Å²) in [5, 5.41) is 0. The largest absolute Gasteiger partial charge is 0.549 e. The summed E-state index contributed by atoms with van der Waals surface area (Å²) in [5.41, 5.74) is 2.65. The highest BCUT2D eigenvalue weighted by Crippen LogP contribution is 2.23. The zero-order chi connectivity index (χ0) is 14.8. The van der Waals surface area contributed by atoms with Gasteiger partial charge in [-0.1, -0.05) is 57.2 Å². The first-order chi connectivity index (χ1) is 9.69. The van der Waals surface area contributed by atoms with E-state index in [0.717, 1.165) is 12.8 Å². The number of hydrogen-bond donors (Lipinski definition) is 0. The summed E-state index contributed by atoms with van der Waals surface area (Å²) >= 11 is 0. The van der Waals surface area contributed by atoms with Crippen LogP contribution in [0.15, 0.2) is 54.8 Å². The Morgan fingerprint density at radius 1 is 1.10 bits per heavy atom. The average molecular weight is 289 g/mol. The predicted molar refractivity (Wildman–Crippen MR) is 91.3 cm³/mol. The van der Waals surface area contributed by atoms with Gasteiger partial charge in [-0.15, -0.1) is 6.58 Å². The predicted octanol–water partition coefficient (Wildman–Crippen LogP) is 5.71. The fourth-order valence-electron chi connectivity index (χ4n) is 2.41. The van der Waals surface area contributed by atoms with Crippen molar-refractivity contribution in [3.63, 3.8) is 0 Å². The molecular weight excluding hydrogens is 260 g/mol. The molecule has 0 radical (unpaired) electrons. The number of benzene rings is 1. The Labute approximate surface area is 125 Å². The van der Waals surface area contributed by atoms with Gasteiger partial charge in [-0.25, -0.2) is 0 Å². The van der Waals surface area contributed by atoms with Crippen molar-refractivity contribution in [3.05, 3.63) is 60.4 Å². The van der Waals surface area contributed by atoms with Crippen molar-refractivity contribution in [2.45, 2.75) is 51.7 Å². The third kappa shape index (κ3) is 5.01. The maximum Gasteiger partial charge on any atom is 0.249 e. The molecule has 0 aliphatic rings. The van der Waals surface area contributed by atoms with E-state index in [4.69, 9.17) is 4.43 Å². The smallest absolute Gasteiger partial charge is 0.249 e. The molecule has 0 unspecified atom stereocenters. The summed E-state index contributed by atoms with van der Waals surface area (Å²) in [6, 6.07) is 14.1. The van der Waals surface area contributed by atoms with Crippen molar-refractivity contribution >= 4 is 8.32 Å². The minimum atomic E-state index is -1.54. The third-order valence-corrected chi connectivity index (χ3v) is 8.57. The van der Waals surface area contributed by atoms with Gasteiger partial charge in [-0.05, 0) is 42.1 Å². The topological polar surface area (TPSA) is 9.23 Å². The Hall–Kier alpha value is -1.28. The van der Waals surface area contributed by atoms with Crippen molar-refractivity contribution in [2.24, 2.45) is 0 Å². The standard InChI is InChI=1S/C18H28OSi/c1-5-12-18(15-17-13-10-9-11-14-17)16-19-20(6-2,7-3)8-4/h5,9-11,13-14,16H,1,6-8,12,15H2,2-4H3/b18-16-. The fraction of sp³-hybridized carbons (Fsp3) is 0.444. The average Bonchev–Trinajstić information content (AvgIpc) is 2.50. The molecule has 0 fully saturated rings. The minimum absolute atomic E-state index is 0.899. The lowest BCUT2D eigenvalue weighted by molar-refractivity contribution is 0.450. The number of allylic oxidation sites excluding steroid dienone is 2. The molecule has 0 aliphatic heterocycles. The molecule has 0 spiro atoms. The molecule has 1 aromatic carbocycles. The van der Waals surface area contributed by atoms with E-state index in [0.29, 0.717) is 0 Å². The molecule has 2 heteroatoms. The Morgan fingerprint density at radius 3 is 2.20 bits per heavy atom. The zero-order valence-corrected chi connectivity index (χ0v) is 14.2. The zero-order valence-electron chi connectivity index (χ0n) is 13.2. The molecule has 0 saturated carbocycles. The van der Waals surface area contributed by atoms with Crippen molar-refractivity contribution in [1.29, 1.82) is 0 Å². The maximum absolute atomic E-state index is 6.29. The van der Waals surface area contributed by atoms with Crippen LogP contribution >= 0.6 is 0 Å². The Morgan fingerprint density at radius 2 is 1.70 bits per heavy atom. The van der Waals surface area contributed by atoms with Crippen molar-refractivity contribution in [2.75, 3.05) is 0 Å². The van der Waals surface area contributed by atoms with E-state index in [2.05, 4.69) is 57.7 Å². The van der Waals surface area contributed by atoms with Crippen LogP contribution in [0.4, 0.5) is 0 Å². The van der Waals surface area contributed by atoms with E-state index in [1.807, 2.05) is 12.3 Å². The molecule has 1 nitrogen and oxygen atoms in total. The Bertz CT molecular complexity index is 410. The molecule has 0 amide bonds. The molecule has 0 saturated heterocycles. The summed E-state index contributed by atoms with van der Waals surface area (Å²) in [4.78, 5) is 0. The molecule has 0 bridgehead atoms. The van der Waals surface area contributed by atoms with Gasteiger partial charge in [0.25, 0.3) is 0 Å². The van der Waals surface area contributed by atoms with Gasteiger partial charge in [0.05, 0.1) is 6.26 Å². The molecule has 1 aromatic rings. The number of rotatable bonds is 9. The van der Waals surface area contributed by atoms with Gasteiger partial charge < -0.3 is 4.43 Å². The van der Waals surface area contributed by atoms with Gasteiger partial charge in [0.15, 0.2) is 0 Å². The minimum Gasteiger partial charge on any atom is -0.549 e. The fourth-order valence-corrected chi connectivity index (χ4v) is 4.83. The van der Waals surface area contributed by atoms with E-state index < -0.39 is 8.32 Å². The van der Waals surface area contributed by atoms with Crippen LogP contribution in [0.2, 0.25) is 18.1 Å². The molecule has 0 heterocycles. The highest BCUT2D eigenvalue weighted by molar-refractivity contribution is 6.73. The second-order valence-electron chi connectivity index (χ2n) is 5.29. The maximum atomic E-state index is 6.29. The molecule has 110 valence electrons. The van der Waals surface area contributed by atoms with Crippen molar-refractivity contribution < 1.29 is 4.43 Å². The van der Waals surface area contributed by atoms with Gasteiger partial charge >= 0.3 is 0 Å². The second kappa shape index (κ2) is 8.80. The van der Waals surface area contributed by atoms with Crippen LogP contribution < -0.4 is 0 Å². The highest BCUT2D eigenvalue weighted by atomic mass is 28.4. The first-order valence-electron chi connectivity index (χ1n) is 7.70. The molecule has 0 N–H and O–H groups in total. The van der Waals surface area contributed by atoms with Crippen molar-refractivity contribution in [1.82, 2.24) is 0 Å². The van der Waals surface area contributed by atoms with Crippen LogP contribution in [-0.4, -0.2) is 8.32 Å². The summed E-state index contributed by atoms with van der Waals surface area (Å²) in [7, 11) is -1.54. The van der Waals surface area contributed by atoms with Crippen LogP contribution in [0.5, 0.6) is 0 Å². The Kier molecular flexibility index (Phi) is 7.38. The van der Waals surface area contributed by atoms with E-state index >= 15 is 0 Å². The van der Waals surface area contributed by atoms with Gasteiger partial charge in [-0.3, -0.25) is 0 Å². The highest BCUT2D eigenvalue weighted by Gasteiger charge is 2.29. The van der Waals surface area contributed by atoms with Gasteiger partial charge in [0.2, 0.25) is 8.32 Å². The van der Waals surface area contributed by atoms with Gasteiger partial charge in [0.1, 0.15) is 0 Å². The second-order valence-corrected chi connectivity index (χ2v) is 10.0. The van der Waals surface area contributed by atoms with Gasteiger partial charge in [-0.2, -0.15) is 0 Å². The lowest BCUT2D eigenvalue weighted by Gasteiger charge is -2.27. The molecule has 1 rings (SSSR count). The molecular formula is C18H28OSi. The Balaban J connectivity index is 2.79. The molecule has 0 aliphatic carbocycles. The number of hydrogen-bond acceptors (Lipinski definition) is 1. The SMILES string of the molecule is C=CC/C(=C/O[Si](CC)(CC)CC)Cc1ccccc1. The van der Waals surface area contributed by atoms with Crippen LogP contribution in [-0.2, 0) is 10.8 Å². The molecule has 0 aromatic heterocycles. The first kappa shape index (κ1) is 16.8. The van der Waals surface area contributed by atoms with E-state index in [-0.39, 0.29) is 0 Å². The van der Waals surface area contributed by atoms with Crippen LogP contribution in [0.3, 0.4) is 0 Å². The van der Waals surface area contributed by atoms with Gasteiger partial charge in [0, 0.05) is 0 Å².